The highest BCUT2D eigenvalue weighted by Crippen LogP contribution is 2.21. The maximum atomic E-state index is 13.3. The van der Waals surface area contributed by atoms with Gasteiger partial charge in [-0.1, -0.05) is 6.07 Å². The second-order valence-corrected chi connectivity index (χ2v) is 3.12. The van der Waals surface area contributed by atoms with Crippen molar-refractivity contribution in [3.63, 3.8) is 0 Å². The summed E-state index contributed by atoms with van der Waals surface area (Å²) in [5, 5.41) is 0. The molecule has 1 aliphatic rings. The van der Waals surface area contributed by atoms with Crippen molar-refractivity contribution >= 4 is 0 Å². The molecule has 1 aliphatic heterocycles. The highest BCUT2D eigenvalue weighted by atomic mass is 19.1. The van der Waals surface area contributed by atoms with Gasteiger partial charge in [-0.25, -0.2) is 4.39 Å². The molecule has 1 fully saturated rings. The van der Waals surface area contributed by atoms with Crippen molar-refractivity contribution in [1.82, 2.24) is 0 Å². The van der Waals surface area contributed by atoms with Crippen molar-refractivity contribution in [1.29, 1.82) is 0 Å². The number of halogens is 1. The van der Waals surface area contributed by atoms with Crippen molar-refractivity contribution in [3.8, 4) is 5.75 Å². The number of rotatable bonds is 3. The molecule has 1 atom stereocenters. The lowest BCUT2D eigenvalue weighted by atomic mass is 10.1. The van der Waals surface area contributed by atoms with E-state index >= 15 is 0 Å². The van der Waals surface area contributed by atoms with Gasteiger partial charge in [0.2, 0.25) is 0 Å². The Hall–Kier alpha value is -1.09. The molecule has 2 nitrogen and oxygen atoms in total. The molecule has 1 aromatic rings. The van der Waals surface area contributed by atoms with Gasteiger partial charge in [-0.15, -0.1) is 0 Å². The zero-order valence-corrected chi connectivity index (χ0v) is 7.42. The summed E-state index contributed by atoms with van der Waals surface area (Å²) < 4.78 is 23.2. The van der Waals surface area contributed by atoms with Gasteiger partial charge in [-0.3, -0.25) is 0 Å². The number of epoxide rings is 1. The van der Waals surface area contributed by atoms with Gasteiger partial charge in [0.15, 0.2) is 0 Å². The van der Waals surface area contributed by atoms with Crippen LogP contribution in [0.4, 0.5) is 4.39 Å². The summed E-state index contributed by atoms with van der Waals surface area (Å²) in [6.07, 6.45) is 0.887. The zero-order valence-electron chi connectivity index (χ0n) is 7.42. The average molecular weight is 182 g/mol. The first-order valence-corrected chi connectivity index (χ1v) is 4.23. The van der Waals surface area contributed by atoms with Crippen LogP contribution in [0.3, 0.4) is 0 Å². The van der Waals surface area contributed by atoms with E-state index < -0.39 is 0 Å². The van der Waals surface area contributed by atoms with Gasteiger partial charge in [-0.05, 0) is 11.6 Å². The Morgan fingerprint density at radius 2 is 2.38 bits per heavy atom. The van der Waals surface area contributed by atoms with Gasteiger partial charge in [0, 0.05) is 12.5 Å². The molecule has 0 aromatic heterocycles. The number of hydrogen-bond donors (Lipinski definition) is 0. The first-order valence-electron chi connectivity index (χ1n) is 4.23. The quantitative estimate of drug-likeness (QED) is 0.664. The third-order valence-corrected chi connectivity index (χ3v) is 2.11. The predicted molar refractivity (Wildman–Crippen MR) is 46.4 cm³/mol. The Bertz CT molecular complexity index is 308. The van der Waals surface area contributed by atoms with E-state index in [0.717, 1.165) is 6.61 Å². The van der Waals surface area contributed by atoms with Crippen LogP contribution in [0.2, 0.25) is 0 Å². The maximum Gasteiger partial charge on any atom is 0.130 e. The molecular weight excluding hydrogens is 171 g/mol. The second-order valence-electron chi connectivity index (χ2n) is 3.12. The maximum absolute atomic E-state index is 13.3. The number of benzene rings is 1. The monoisotopic (exact) mass is 182 g/mol. The number of methoxy groups -OCH3 is 1. The minimum absolute atomic E-state index is 0.213. The van der Waals surface area contributed by atoms with Gasteiger partial charge in [-0.2, -0.15) is 0 Å². The van der Waals surface area contributed by atoms with E-state index in [-0.39, 0.29) is 11.9 Å². The van der Waals surface area contributed by atoms with Crippen LogP contribution in [0.15, 0.2) is 18.2 Å². The molecule has 1 heterocycles. The lowest BCUT2D eigenvalue weighted by Crippen LogP contribution is -1.97. The third-order valence-electron chi connectivity index (χ3n) is 2.11. The highest BCUT2D eigenvalue weighted by Gasteiger charge is 2.23. The molecule has 13 heavy (non-hydrogen) atoms. The van der Waals surface area contributed by atoms with Gasteiger partial charge in [0.05, 0.1) is 19.8 Å². The molecule has 1 saturated heterocycles. The summed E-state index contributed by atoms with van der Waals surface area (Å²) in [5.74, 6) is 0.341. The summed E-state index contributed by atoms with van der Waals surface area (Å²) in [4.78, 5) is 0. The summed E-state index contributed by atoms with van der Waals surface area (Å²) in [7, 11) is 1.53. The first kappa shape index (κ1) is 8.51. The van der Waals surface area contributed by atoms with Crippen molar-refractivity contribution in [3.05, 3.63) is 29.6 Å². The molecule has 70 valence electrons. The smallest absolute Gasteiger partial charge is 0.130 e. The van der Waals surface area contributed by atoms with E-state index in [0.29, 0.717) is 17.7 Å². The topological polar surface area (TPSA) is 21.8 Å². The Balaban J connectivity index is 2.15. The molecule has 0 spiro atoms. The van der Waals surface area contributed by atoms with Crippen LogP contribution in [-0.4, -0.2) is 19.8 Å². The Morgan fingerprint density at radius 1 is 1.62 bits per heavy atom. The van der Waals surface area contributed by atoms with Crippen molar-refractivity contribution in [2.45, 2.75) is 12.5 Å². The SMILES string of the molecule is COc1ccc(CC2CO2)c(F)c1. The lowest BCUT2D eigenvalue weighted by Gasteiger charge is -2.03. The van der Waals surface area contributed by atoms with Gasteiger partial charge in [0.25, 0.3) is 0 Å². The summed E-state index contributed by atoms with van der Waals surface area (Å²) in [6, 6.07) is 4.91. The predicted octanol–water partition coefficient (Wildman–Crippen LogP) is 1.78. The Morgan fingerprint density at radius 3 is 2.92 bits per heavy atom. The summed E-state index contributed by atoms with van der Waals surface area (Å²) in [5.41, 5.74) is 0.698. The van der Waals surface area contributed by atoms with E-state index in [1.54, 1.807) is 12.1 Å². The van der Waals surface area contributed by atoms with Crippen LogP contribution in [0.5, 0.6) is 5.75 Å². The molecular formula is C10H11FO2. The summed E-state index contributed by atoms with van der Waals surface area (Å²) in [6.45, 7) is 0.755. The van der Waals surface area contributed by atoms with E-state index in [9.17, 15) is 4.39 Å². The van der Waals surface area contributed by atoms with E-state index in [4.69, 9.17) is 9.47 Å². The van der Waals surface area contributed by atoms with E-state index in [1.807, 2.05) is 0 Å². The van der Waals surface area contributed by atoms with Crippen LogP contribution in [0.25, 0.3) is 0 Å². The van der Waals surface area contributed by atoms with Crippen LogP contribution in [-0.2, 0) is 11.2 Å². The number of ether oxygens (including phenoxy) is 2. The van der Waals surface area contributed by atoms with Crippen molar-refractivity contribution in [2.75, 3.05) is 13.7 Å². The highest BCUT2D eigenvalue weighted by molar-refractivity contribution is 5.29. The molecule has 0 bridgehead atoms. The summed E-state index contributed by atoms with van der Waals surface area (Å²) >= 11 is 0. The average Bonchev–Trinajstić information content (AvgIpc) is 2.92. The lowest BCUT2D eigenvalue weighted by molar-refractivity contribution is 0.400. The molecule has 0 N–H and O–H groups in total. The van der Waals surface area contributed by atoms with E-state index in [2.05, 4.69) is 0 Å². The molecule has 1 aromatic carbocycles. The Labute approximate surface area is 76.3 Å². The fourth-order valence-electron chi connectivity index (χ4n) is 1.25. The molecule has 3 heteroatoms. The normalized spacial score (nSPS) is 20.0. The largest absolute Gasteiger partial charge is 0.497 e. The molecule has 0 radical (unpaired) electrons. The van der Waals surface area contributed by atoms with Gasteiger partial charge < -0.3 is 9.47 Å². The first-order chi connectivity index (χ1) is 6.29. The van der Waals surface area contributed by atoms with Crippen LogP contribution >= 0.6 is 0 Å². The second kappa shape index (κ2) is 3.34. The van der Waals surface area contributed by atoms with Gasteiger partial charge in [0.1, 0.15) is 11.6 Å². The molecule has 0 saturated carbocycles. The minimum atomic E-state index is -0.213. The van der Waals surface area contributed by atoms with Gasteiger partial charge >= 0.3 is 0 Å². The standard InChI is InChI=1S/C10H11FO2/c1-12-8-3-2-7(10(11)5-8)4-9-6-13-9/h2-3,5,9H,4,6H2,1H3. The fraction of sp³-hybridized carbons (Fsp3) is 0.400. The fourth-order valence-corrected chi connectivity index (χ4v) is 1.25. The van der Waals surface area contributed by atoms with Crippen LogP contribution < -0.4 is 4.74 Å². The minimum Gasteiger partial charge on any atom is -0.497 e. The third kappa shape index (κ3) is 1.98. The van der Waals surface area contributed by atoms with E-state index in [1.165, 1.54) is 13.2 Å². The Kier molecular flexibility index (Phi) is 2.19. The molecule has 2 rings (SSSR count). The molecule has 1 unspecified atom stereocenters. The van der Waals surface area contributed by atoms with Crippen molar-refractivity contribution in [2.24, 2.45) is 0 Å². The van der Waals surface area contributed by atoms with Crippen LogP contribution in [0, 0.1) is 5.82 Å². The zero-order chi connectivity index (χ0) is 9.26. The molecule has 0 amide bonds. The van der Waals surface area contributed by atoms with Crippen LogP contribution in [0.1, 0.15) is 5.56 Å². The number of hydrogen-bond acceptors (Lipinski definition) is 2. The molecule has 0 aliphatic carbocycles. The van der Waals surface area contributed by atoms with Crippen molar-refractivity contribution < 1.29 is 13.9 Å².